The van der Waals surface area contributed by atoms with Gasteiger partial charge in [0.15, 0.2) is 0 Å². The van der Waals surface area contributed by atoms with Crippen molar-refractivity contribution >= 4 is 6.21 Å². The Morgan fingerprint density at radius 1 is 1.27 bits per heavy atom. The second-order valence-corrected chi connectivity index (χ2v) is 4.25. The van der Waals surface area contributed by atoms with Gasteiger partial charge in [0.1, 0.15) is 0 Å². The third-order valence-electron chi connectivity index (χ3n) is 3.15. The molecule has 0 saturated heterocycles. The minimum atomic E-state index is 0.553. The third kappa shape index (κ3) is 1.33. The summed E-state index contributed by atoms with van der Waals surface area (Å²) in [5.74, 6) is 0. The Hall–Kier alpha value is -0.330. The van der Waals surface area contributed by atoms with Gasteiger partial charge < -0.3 is 0 Å². The molecule has 1 atom stereocenters. The molecule has 1 aliphatic heterocycles. The first-order valence-corrected chi connectivity index (χ1v) is 4.85. The normalized spacial score (nSPS) is 34.8. The van der Waals surface area contributed by atoms with Crippen molar-refractivity contribution in [2.45, 2.75) is 51.5 Å². The molecule has 1 nitrogen and oxygen atoms in total. The molecule has 1 fully saturated rings. The van der Waals surface area contributed by atoms with Gasteiger partial charge in [0.25, 0.3) is 0 Å². The molecule has 0 aromatic carbocycles. The standard InChI is InChI=1S/C10H17N/c1-9-7-10(8-11-9)5-3-2-4-6-10/h8-9H,2-7H2,1H3. The predicted molar refractivity (Wildman–Crippen MR) is 48.1 cm³/mol. The van der Waals surface area contributed by atoms with Gasteiger partial charge in [-0.05, 0) is 26.2 Å². The van der Waals surface area contributed by atoms with Crippen molar-refractivity contribution in [3.63, 3.8) is 0 Å². The van der Waals surface area contributed by atoms with Gasteiger partial charge in [-0.25, -0.2) is 0 Å². The first-order chi connectivity index (χ1) is 5.31. The van der Waals surface area contributed by atoms with Gasteiger partial charge >= 0.3 is 0 Å². The van der Waals surface area contributed by atoms with E-state index in [4.69, 9.17) is 0 Å². The predicted octanol–water partition coefficient (Wildman–Crippen LogP) is 2.80. The van der Waals surface area contributed by atoms with Crippen LogP contribution in [0.1, 0.15) is 45.4 Å². The van der Waals surface area contributed by atoms with Gasteiger partial charge in [-0.3, -0.25) is 4.99 Å². The largest absolute Gasteiger partial charge is 0.294 e. The van der Waals surface area contributed by atoms with Crippen molar-refractivity contribution < 1.29 is 0 Å². The summed E-state index contributed by atoms with van der Waals surface area (Å²) in [5.41, 5.74) is 0.553. The molecule has 1 spiro atoms. The van der Waals surface area contributed by atoms with E-state index in [2.05, 4.69) is 18.1 Å². The molecule has 62 valence electrons. The van der Waals surface area contributed by atoms with Gasteiger partial charge in [0, 0.05) is 17.7 Å². The summed E-state index contributed by atoms with van der Waals surface area (Å²) in [6, 6.07) is 0.605. The van der Waals surface area contributed by atoms with Gasteiger partial charge in [-0.1, -0.05) is 19.3 Å². The molecular weight excluding hydrogens is 134 g/mol. The molecule has 1 aliphatic carbocycles. The van der Waals surface area contributed by atoms with Crippen LogP contribution in [-0.2, 0) is 0 Å². The van der Waals surface area contributed by atoms with Crippen LogP contribution < -0.4 is 0 Å². The Labute approximate surface area is 68.9 Å². The molecule has 0 bridgehead atoms. The van der Waals surface area contributed by atoms with E-state index in [1.807, 2.05) is 0 Å². The molecule has 1 heterocycles. The van der Waals surface area contributed by atoms with E-state index in [1.165, 1.54) is 38.5 Å². The van der Waals surface area contributed by atoms with Crippen LogP contribution in [0.5, 0.6) is 0 Å². The van der Waals surface area contributed by atoms with Crippen LogP contribution in [0, 0.1) is 5.41 Å². The number of rotatable bonds is 0. The Balaban J connectivity index is 2.05. The topological polar surface area (TPSA) is 12.4 Å². The Kier molecular flexibility index (Phi) is 1.74. The average Bonchev–Trinajstić information content (AvgIpc) is 2.34. The van der Waals surface area contributed by atoms with E-state index in [0.29, 0.717) is 11.5 Å². The minimum absolute atomic E-state index is 0.553. The lowest BCUT2D eigenvalue weighted by molar-refractivity contribution is 0.276. The first kappa shape index (κ1) is 7.33. The van der Waals surface area contributed by atoms with Gasteiger partial charge in [-0.15, -0.1) is 0 Å². The minimum Gasteiger partial charge on any atom is -0.294 e. The Morgan fingerprint density at radius 3 is 2.55 bits per heavy atom. The second kappa shape index (κ2) is 2.62. The summed E-state index contributed by atoms with van der Waals surface area (Å²) in [6.07, 6.45) is 10.7. The van der Waals surface area contributed by atoms with Crippen LogP contribution in [0.3, 0.4) is 0 Å². The summed E-state index contributed by atoms with van der Waals surface area (Å²) in [7, 11) is 0. The van der Waals surface area contributed by atoms with Crippen molar-refractivity contribution in [2.75, 3.05) is 0 Å². The summed E-state index contributed by atoms with van der Waals surface area (Å²) >= 11 is 0. The molecule has 11 heavy (non-hydrogen) atoms. The lowest BCUT2D eigenvalue weighted by Gasteiger charge is -2.30. The van der Waals surface area contributed by atoms with Crippen LogP contribution in [0.4, 0.5) is 0 Å². The van der Waals surface area contributed by atoms with Crippen LogP contribution in [0.15, 0.2) is 4.99 Å². The maximum absolute atomic E-state index is 4.49. The lowest BCUT2D eigenvalue weighted by atomic mass is 9.73. The molecule has 1 heteroatoms. The van der Waals surface area contributed by atoms with Crippen molar-refractivity contribution in [3.8, 4) is 0 Å². The van der Waals surface area contributed by atoms with E-state index < -0.39 is 0 Å². The Morgan fingerprint density at radius 2 is 2.00 bits per heavy atom. The van der Waals surface area contributed by atoms with Crippen molar-refractivity contribution in [2.24, 2.45) is 10.4 Å². The zero-order valence-corrected chi connectivity index (χ0v) is 7.34. The molecule has 0 aromatic rings. The smallest absolute Gasteiger partial charge is 0.0476 e. The molecule has 0 amide bonds. The highest BCUT2D eigenvalue weighted by atomic mass is 14.8. The van der Waals surface area contributed by atoms with Crippen LogP contribution in [0.25, 0.3) is 0 Å². The first-order valence-electron chi connectivity index (χ1n) is 4.85. The fraction of sp³-hybridized carbons (Fsp3) is 0.900. The highest BCUT2D eigenvalue weighted by Gasteiger charge is 2.35. The average molecular weight is 151 g/mol. The van der Waals surface area contributed by atoms with E-state index in [9.17, 15) is 0 Å². The third-order valence-corrected chi connectivity index (χ3v) is 3.15. The van der Waals surface area contributed by atoms with Crippen LogP contribution in [-0.4, -0.2) is 12.3 Å². The fourth-order valence-corrected chi connectivity index (χ4v) is 2.57. The second-order valence-electron chi connectivity index (χ2n) is 4.25. The fourth-order valence-electron chi connectivity index (χ4n) is 2.57. The van der Waals surface area contributed by atoms with Crippen molar-refractivity contribution in [1.82, 2.24) is 0 Å². The van der Waals surface area contributed by atoms with Gasteiger partial charge in [-0.2, -0.15) is 0 Å². The van der Waals surface area contributed by atoms with Crippen LogP contribution >= 0.6 is 0 Å². The monoisotopic (exact) mass is 151 g/mol. The molecular formula is C10H17N. The quantitative estimate of drug-likeness (QED) is 0.505. The number of aliphatic imine (C=N–C) groups is 1. The highest BCUT2D eigenvalue weighted by molar-refractivity contribution is 5.68. The summed E-state index contributed by atoms with van der Waals surface area (Å²) in [6.45, 7) is 2.24. The molecule has 2 rings (SSSR count). The number of hydrogen-bond donors (Lipinski definition) is 0. The van der Waals surface area contributed by atoms with E-state index in [0.717, 1.165) is 0 Å². The molecule has 0 N–H and O–H groups in total. The van der Waals surface area contributed by atoms with Crippen LogP contribution in [0.2, 0.25) is 0 Å². The van der Waals surface area contributed by atoms with Crippen molar-refractivity contribution in [1.29, 1.82) is 0 Å². The van der Waals surface area contributed by atoms with Gasteiger partial charge in [0.05, 0.1) is 0 Å². The van der Waals surface area contributed by atoms with E-state index in [1.54, 1.807) is 0 Å². The molecule has 1 saturated carbocycles. The van der Waals surface area contributed by atoms with Crippen molar-refractivity contribution in [3.05, 3.63) is 0 Å². The summed E-state index contributed by atoms with van der Waals surface area (Å²) in [5, 5.41) is 0. The SMILES string of the molecule is CC1CC2(C=N1)CCCCC2. The number of hydrogen-bond acceptors (Lipinski definition) is 1. The zero-order valence-electron chi connectivity index (χ0n) is 7.34. The lowest BCUT2D eigenvalue weighted by Crippen LogP contribution is -2.23. The Bertz CT molecular complexity index is 166. The number of nitrogens with zero attached hydrogens (tertiary/aromatic N) is 1. The van der Waals surface area contributed by atoms with E-state index in [-0.39, 0.29) is 0 Å². The van der Waals surface area contributed by atoms with Gasteiger partial charge in [0.2, 0.25) is 0 Å². The molecule has 0 aromatic heterocycles. The highest BCUT2D eigenvalue weighted by Crippen LogP contribution is 2.41. The van der Waals surface area contributed by atoms with E-state index >= 15 is 0 Å². The maximum atomic E-state index is 4.49. The maximum Gasteiger partial charge on any atom is 0.0476 e. The zero-order chi connectivity index (χ0) is 7.73. The molecule has 2 aliphatic rings. The summed E-state index contributed by atoms with van der Waals surface area (Å²) in [4.78, 5) is 4.49. The summed E-state index contributed by atoms with van der Waals surface area (Å²) < 4.78 is 0. The molecule has 1 unspecified atom stereocenters. The molecule has 0 radical (unpaired) electrons.